The topological polar surface area (TPSA) is 121 Å². The minimum atomic E-state index is -1.44. The molecular weight excluding hydrogens is 257 g/mol. The van der Waals surface area contributed by atoms with E-state index >= 15 is 0 Å². The fourth-order valence-electron chi connectivity index (χ4n) is 0.645. The van der Waals surface area contributed by atoms with E-state index in [1.54, 1.807) is 0 Å². The summed E-state index contributed by atoms with van der Waals surface area (Å²) in [6.07, 6.45) is 1.43. The van der Waals surface area contributed by atoms with Crippen molar-refractivity contribution >= 4 is 11.9 Å². The first-order valence-corrected chi connectivity index (χ1v) is 4.18. The molecular formula is C8H10O6Zn. The molecule has 0 bridgehead atoms. The molecule has 6 nitrogen and oxygen atoms in total. The first kappa shape index (κ1) is 14.5. The minimum absolute atomic E-state index is 0. The Morgan fingerprint density at radius 3 is 1.07 bits per heavy atom. The van der Waals surface area contributed by atoms with Crippen LogP contribution in [0.1, 0.15) is 25.7 Å². The Morgan fingerprint density at radius 2 is 1.07 bits per heavy atom. The summed E-state index contributed by atoms with van der Waals surface area (Å²) in [6.45, 7) is 0. The van der Waals surface area contributed by atoms with E-state index in [-0.39, 0.29) is 19.5 Å². The largest absolute Gasteiger partial charge is 2.00 e. The molecule has 0 aromatic heterocycles. The Balaban J connectivity index is 0.000000245. The van der Waals surface area contributed by atoms with Gasteiger partial charge in [0.1, 0.15) is 11.2 Å². The Kier molecular flexibility index (Phi) is 4.40. The number of hydrogen-bond donors (Lipinski definition) is 2. The van der Waals surface area contributed by atoms with Crippen molar-refractivity contribution in [3.8, 4) is 0 Å². The van der Waals surface area contributed by atoms with E-state index < -0.39 is 23.1 Å². The smallest absolute Gasteiger partial charge is 0.547 e. The Morgan fingerprint density at radius 1 is 0.867 bits per heavy atom. The molecule has 0 heterocycles. The number of carboxylic acid groups (broad SMARTS) is 2. The third-order valence-electron chi connectivity index (χ3n) is 2.21. The van der Waals surface area contributed by atoms with Crippen LogP contribution in [0.3, 0.4) is 0 Å². The van der Waals surface area contributed by atoms with Crippen LogP contribution in [0, 0.1) is 0 Å². The zero-order chi connectivity index (χ0) is 11.0. The van der Waals surface area contributed by atoms with Crippen molar-refractivity contribution in [3.63, 3.8) is 0 Å². The summed E-state index contributed by atoms with van der Waals surface area (Å²) in [5, 5.41) is 36.5. The van der Waals surface area contributed by atoms with Gasteiger partial charge in [0.05, 0.1) is 11.9 Å². The molecule has 2 rings (SSSR count). The van der Waals surface area contributed by atoms with Gasteiger partial charge in [-0.05, 0) is 25.7 Å². The van der Waals surface area contributed by atoms with Gasteiger partial charge < -0.3 is 30.0 Å². The first-order chi connectivity index (χ1) is 6.30. The van der Waals surface area contributed by atoms with Crippen molar-refractivity contribution in [2.45, 2.75) is 36.9 Å². The van der Waals surface area contributed by atoms with Gasteiger partial charge in [-0.3, -0.25) is 0 Å². The summed E-state index contributed by atoms with van der Waals surface area (Å²) < 4.78 is 0. The van der Waals surface area contributed by atoms with E-state index in [0.29, 0.717) is 25.7 Å². The van der Waals surface area contributed by atoms with Crippen LogP contribution in [0.15, 0.2) is 0 Å². The number of rotatable bonds is 2. The summed E-state index contributed by atoms with van der Waals surface area (Å²) in [7, 11) is 0. The van der Waals surface area contributed by atoms with Gasteiger partial charge in [0.25, 0.3) is 0 Å². The van der Waals surface area contributed by atoms with Gasteiger partial charge in [0, 0.05) is 0 Å². The second-order valence-electron chi connectivity index (χ2n) is 3.64. The van der Waals surface area contributed by atoms with E-state index in [2.05, 4.69) is 0 Å². The van der Waals surface area contributed by atoms with Crippen LogP contribution in [-0.4, -0.2) is 33.4 Å². The molecule has 0 atom stereocenters. The van der Waals surface area contributed by atoms with Gasteiger partial charge in [-0.2, -0.15) is 0 Å². The van der Waals surface area contributed by atoms with Crippen molar-refractivity contribution in [2.75, 3.05) is 0 Å². The third kappa shape index (κ3) is 3.85. The zero-order valence-electron chi connectivity index (χ0n) is 8.06. The van der Waals surface area contributed by atoms with Gasteiger partial charge in [0.15, 0.2) is 0 Å². The summed E-state index contributed by atoms with van der Waals surface area (Å²) in [4.78, 5) is 19.4. The second kappa shape index (κ2) is 4.55. The van der Waals surface area contributed by atoms with Gasteiger partial charge in [-0.1, -0.05) is 0 Å². The van der Waals surface area contributed by atoms with Crippen molar-refractivity contribution in [1.82, 2.24) is 0 Å². The molecule has 2 aliphatic rings. The monoisotopic (exact) mass is 266 g/mol. The molecule has 0 aliphatic heterocycles. The molecule has 2 N–H and O–H groups in total. The zero-order valence-corrected chi connectivity index (χ0v) is 11.0. The number of carbonyl (C=O) groups is 2. The standard InChI is InChI=1S/2C4H6O3.Zn/c2*5-3(6)4(7)1-2-4;/h2*7H,1-2H2,(H,5,6);/q;;+2/p-2. The van der Waals surface area contributed by atoms with Crippen LogP contribution >= 0.6 is 0 Å². The number of hydrogen-bond acceptors (Lipinski definition) is 6. The van der Waals surface area contributed by atoms with Gasteiger partial charge in [0.2, 0.25) is 0 Å². The quantitative estimate of drug-likeness (QED) is 0.501. The van der Waals surface area contributed by atoms with Crippen LogP contribution < -0.4 is 10.2 Å². The molecule has 2 saturated carbocycles. The molecule has 0 aromatic rings. The Bertz CT molecular complexity index is 240. The molecule has 0 radical (unpaired) electrons. The summed E-state index contributed by atoms with van der Waals surface area (Å²) in [6, 6.07) is 0. The van der Waals surface area contributed by atoms with Crippen LogP contribution in [0.25, 0.3) is 0 Å². The predicted octanol–water partition coefficient (Wildman–Crippen LogP) is -3.48. The molecule has 0 aromatic carbocycles. The maximum Gasteiger partial charge on any atom is 2.00 e. The molecule has 0 saturated heterocycles. The van der Waals surface area contributed by atoms with E-state index in [4.69, 9.17) is 10.2 Å². The number of aliphatic hydroxyl groups is 2. The van der Waals surface area contributed by atoms with Crippen LogP contribution in [0.2, 0.25) is 0 Å². The predicted molar refractivity (Wildman–Crippen MR) is 38.4 cm³/mol. The van der Waals surface area contributed by atoms with E-state index in [1.807, 2.05) is 0 Å². The van der Waals surface area contributed by atoms with Crippen molar-refractivity contribution < 1.29 is 49.5 Å². The van der Waals surface area contributed by atoms with Gasteiger partial charge >= 0.3 is 19.5 Å². The van der Waals surface area contributed by atoms with Crippen molar-refractivity contribution in [3.05, 3.63) is 0 Å². The normalized spacial score (nSPS) is 22.5. The first-order valence-electron chi connectivity index (χ1n) is 4.18. The molecule has 0 spiro atoms. The Hall–Kier alpha value is -0.517. The second-order valence-corrected chi connectivity index (χ2v) is 3.64. The summed E-state index contributed by atoms with van der Waals surface area (Å²) in [5.41, 5.74) is -2.89. The third-order valence-corrected chi connectivity index (χ3v) is 2.21. The van der Waals surface area contributed by atoms with Crippen molar-refractivity contribution in [2.24, 2.45) is 0 Å². The van der Waals surface area contributed by atoms with E-state index in [1.165, 1.54) is 0 Å². The number of aliphatic carboxylic acids is 2. The van der Waals surface area contributed by atoms with Crippen molar-refractivity contribution in [1.29, 1.82) is 0 Å². The molecule has 0 unspecified atom stereocenters. The molecule has 15 heavy (non-hydrogen) atoms. The number of carbonyl (C=O) groups excluding carboxylic acids is 2. The molecule has 80 valence electrons. The minimum Gasteiger partial charge on any atom is -0.547 e. The van der Waals surface area contributed by atoms with Crippen LogP contribution in [0.5, 0.6) is 0 Å². The fraction of sp³-hybridized carbons (Fsp3) is 0.750. The molecule has 2 aliphatic carbocycles. The van der Waals surface area contributed by atoms with Gasteiger partial charge in [-0.15, -0.1) is 0 Å². The van der Waals surface area contributed by atoms with Crippen LogP contribution in [-0.2, 0) is 29.1 Å². The Labute approximate surface area is 98.7 Å². The summed E-state index contributed by atoms with van der Waals surface area (Å²) in [5.74, 6) is -2.68. The molecule has 2 fully saturated rings. The van der Waals surface area contributed by atoms with Crippen LogP contribution in [0.4, 0.5) is 0 Å². The average molecular weight is 268 g/mol. The maximum absolute atomic E-state index is 9.72. The number of carboxylic acids is 2. The fourth-order valence-corrected chi connectivity index (χ4v) is 0.645. The molecule has 7 heteroatoms. The van der Waals surface area contributed by atoms with E-state index in [9.17, 15) is 19.8 Å². The summed E-state index contributed by atoms with van der Waals surface area (Å²) >= 11 is 0. The maximum atomic E-state index is 9.72. The van der Waals surface area contributed by atoms with E-state index in [0.717, 1.165) is 0 Å². The SMILES string of the molecule is O=C([O-])C1(O)CC1.O=C([O-])C1(O)CC1.[Zn+2]. The average Bonchev–Trinajstić information content (AvgIpc) is 2.93. The van der Waals surface area contributed by atoms with Gasteiger partial charge in [-0.25, -0.2) is 0 Å². The molecule has 0 amide bonds.